The summed E-state index contributed by atoms with van der Waals surface area (Å²) >= 11 is 0. The van der Waals surface area contributed by atoms with E-state index in [1.54, 1.807) is 12.1 Å². The zero-order valence-electron chi connectivity index (χ0n) is 10.9. The number of rotatable bonds is 6. The minimum absolute atomic E-state index is 0.231. The molecule has 1 aromatic rings. The third kappa shape index (κ3) is 5.72. The van der Waals surface area contributed by atoms with Crippen molar-refractivity contribution in [3.63, 3.8) is 0 Å². The molecular weight excluding hydrogens is 244 g/mol. The van der Waals surface area contributed by atoms with E-state index in [1.165, 1.54) is 12.1 Å². The fraction of sp³-hybridized carbons (Fsp3) is 0.286. The van der Waals surface area contributed by atoms with Crippen molar-refractivity contribution in [2.45, 2.75) is 19.9 Å². The lowest BCUT2D eigenvalue weighted by atomic mass is 10.1. The topological polar surface area (TPSA) is 78.4 Å². The number of aromatic carboxylic acids is 1. The van der Waals surface area contributed by atoms with Crippen LogP contribution in [-0.4, -0.2) is 23.7 Å². The summed E-state index contributed by atoms with van der Waals surface area (Å²) in [4.78, 5) is 22.1. The molecule has 3 N–H and O–H groups in total. The van der Waals surface area contributed by atoms with Gasteiger partial charge in [0.2, 0.25) is 0 Å². The first-order valence-electron chi connectivity index (χ1n) is 5.97. The van der Waals surface area contributed by atoms with E-state index in [0.717, 1.165) is 17.6 Å². The highest BCUT2D eigenvalue weighted by molar-refractivity contribution is 5.87. The second kappa shape index (κ2) is 7.20. The predicted octanol–water partition coefficient (Wildman–Crippen LogP) is 2.15. The van der Waals surface area contributed by atoms with Crippen LogP contribution in [0.4, 0.5) is 4.79 Å². The van der Waals surface area contributed by atoms with E-state index in [9.17, 15) is 9.59 Å². The van der Waals surface area contributed by atoms with Crippen LogP contribution in [0.1, 0.15) is 29.3 Å². The summed E-state index contributed by atoms with van der Waals surface area (Å²) in [5, 5.41) is 14.2. The van der Waals surface area contributed by atoms with E-state index in [2.05, 4.69) is 17.2 Å². The van der Waals surface area contributed by atoms with Crippen LogP contribution in [0, 0.1) is 0 Å². The monoisotopic (exact) mass is 262 g/mol. The molecule has 5 heteroatoms. The molecule has 0 saturated heterocycles. The third-order valence-electron chi connectivity index (χ3n) is 2.49. The Labute approximate surface area is 112 Å². The minimum atomic E-state index is -0.961. The number of benzene rings is 1. The third-order valence-corrected chi connectivity index (χ3v) is 2.49. The number of carbonyl (C=O) groups excluding carboxylic acids is 1. The molecule has 0 radical (unpaired) electrons. The molecule has 0 spiro atoms. The first-order valence-corrected chi connectivity index (χ1v) is 5.97. The number of hydrogen-bond acceptors (Lipinski definition) is 2. The zero-order chi connectivity index (χ0) is 14.3. The van der Waals surface area contributed by atoms with Crippen LogP contribution in [0.25, 0.3) is 0 Å². The van der Waals surface area contributed by atoms with Gasteiger partial charge >= 0.3 is 12.0 Å². The van der Waals surface area contributed by atoms with Gasteiger partial charge in [0.1, 0.15) is 0 Å². The molecule has 0 bridgehead atoms. The Balaban J connectivity index is 2.33. The zero-order valence-corrected chi connectivity index (χ0v) is 10.9. The summed E-state index contributed by atoms with van der Waals surface area (Å²) in [6.45, 7) is 6.57. The molecule has 0 atom stereocenters. The Hall–Kier alpha value is -2.30. The highest BCUT2D eigenvalue weighted by Crippen LogP contribution is 2.04. The number of amides is 2. The maximum Gasteiger partial charge on any atom is 0.335 e. The predicted molar refractivity (Wildman–Crippen MR) is 73.1 cm³/mol. The van der Waals surface area contributed by atoms with Crippen molar-refractivity contribution in [1.82, 2.24) is 10.6 Å². The highest BCUT2D eigenvalue weighted by atomic mass is 16.4. The van der Waals surface area contributed by atoms with Crippen LogP contribution >= 0.6 is 0 Å². The van der Waals surface area contributed by atoms with Gasteiger partial charge in [0.25, 0.3) is 0 Å². The number of carbonyl (C=O) groups is 2. The molecule has 1 aromatic carbocycles. The van der Waals surface area contributed by atoms with Gasteiger partial charge < -0.3 is 15.7 Å². The van der Waals surface area contributed by atoms with Crippen molar-refractivity contribution in [3.8, 4) is 0 Å². The Bertz CT molecular complexity index is 466. The summed E-state index contributed by atoms with van der Waals surface area (Å²) < 4.78 is 0. The normalized spacial score (nSPS) is 9.74. The highest BCUT2D eigenvalue weighted by Gasteiger charge is 2.03. The Morgan fingerprint density at radius 1 is 1.21 bits per heavy atom. The first kappa shape index (κ1) is 14.8. The quantitative estimate of drug-likeness (QED) is 0.687. The first-order chi connectivity index (χ1) is 8.99. The molecule has 102 valence electrons. The lowest BCUT2D eigenvalue weighted by Gasteiger charge is -2.07. The summed E-state index contributed by atoms with van der Waals surface area (Å²) in [6, 6.07) is 6.13. The molecule has 0 heterocycles. The van der Waals surface area contributed by atoms with Crippen molar-refractivity contribution in [2.75, 3.05) is 6.54 Å². The number of carboxylic acids is 1. The molecule has 19 heavy (non-hydrogen) atoms. The molecule has 0 aromatic heterocycles. The van der Waals surface area contributed by atoms with Crippen molar-refractivity contribution in [1.29, 1.82) is 0 Å². The van der Waals surface area contributed by atoms with Crippen LogP contribution in [0.3, 0.4) is 0 Å². The van der Waals surface area contributed by atoms with E-state index < -0.39 is 5.97 Å². The largest absolute Gasteiger partial charge is 0.478 e. The summed E-state index contributed by atoms with van der Waals surface area (Å²) in [5.41, 5.74) is 2.10. The molecular formula is C14H18N2O3. The molecule has 0 aliphatic carbocycles. The van der Waals surface area contributed by atoms with Crippen molar-refractivity contribution < 1.29 is 14.7 Å². The van der Waals surface area contributed by atoms with E-state index in [4.69, 9.17) is 5.11 Å². The fourth-order valence-electron chi connectivity index (χ4n) is 1.40. The smallest absolute Gasteiger partial charge is 0.335 e. The second-order valence-electron chi connectivity index (χ2n) is 4.32. The number of hydrogen-bond donors (Lipinski definition) is 3. The molecule has 2 amide bonds. The van der Waals surface area contributed by atoms with Crippen molar-refractivity contribution in [3.05, 3.63) is 47.5 Å². The second-order valence-corrected chi connectivity index (χ2v) is 4.32. The summed E-state index contributed by atoms with van der Waals surface area (Å²) in [6.07, 6.45) is 0.751. The Morgan fingerprint density at radius 3 is 2.37 bits per heavy atom. The molecule has 0 unspecified atom stereocenters. The molecule has 0 saturated carbocycles. The van der Waals surface area contributed by atoms with Crippen LogP contribution in [-0.2, 0) is 6.54 Å². The number of carboxylic acid groups (broad SMARTS) is 1. The Kier molecular flexibility index (Phi) is 5.60. The number of nitrogens with one attached hydrogen (secondary N) is 2. The maximum absolute atomic E-state index is 11.4. The fourth-order valence-corrected chi connectivity index (χ4v) is 1.40. The standard InChI is InChI=1S/C14H18N2O3/c1-10(2)7-8-15-14(19)16-9-11-3-5-12(6-4-11)13(17)18/h3-6H,1,7-9H2,2H3,(H,17,18)(H2,15,16,19). The van der Waals surface area contributed by atoms with Crippen LogP contribution in [0.2, 0.25) is 0 Å². The van der Waals surface area contributed by atoms with E-state index in [-0.39, 0.29) is 11.6 Å². The SMILES string of the molecule is C=C(C)CCNC(=O)NCc1ccc(C(=O)O)cc1. The minimum Gasteiger partial charge on any atom is -0.478 e. The summed E-state index contributed by atoms with van der Waals surface area (Å²) in [7, 11) is 0. The van der Waals surface area contributed by atoms with E-state index in [0.29, 0.717) is 13.1 Å². The average Bonchev–Trinajstić information content (AvgIpc) is 2.36. The molecule has 1 rings (SSSR count). The van der Waals surface area contributed by atoms with Crippen LogP contribution < -0.4 is 10.6 Å². The van der Waals surface area contributed by atoms with Gasteiger partial charge in [0.05, 0.1) is 5.56 Å². The molecule has 0 aliphatic heterocycles. The number of urea groups is 1. The van der Waals surface area contributed by atoms with Gasteiger partial charge in [-0.2, -0.15) is 0 Å². The van der Waals surface area contributed by atoms with Crippen LogP contribution in [0.15, 0.2) is 36.4 Å². The lowest BCUT2D eigenvalue weighted by Crippen LogP contribution is -2.35. The summed E-state index contributed by atoms with van der Waals surface area (Å²) in [5.74, 6) is -0.961. The van der Waals surface area contributed by atoms with Crippen molar-refractivity contribution >= 4 is 12.0 Å². The van der Waals surface area contributed by atoms with Gasteiger partial charge in [0.15, 0.2) is 0 Å². The van der Waals surface area contributed by atoms with Gasteiger partial charge in [0, 0.05) is 13.1 Å². The van der Waals surface area contributed by atoms with E-state index >= 15 is 0 Å². The van der Waals surface area contributed by atoms with Gasteiger partial charge in [-0.15, -0.1) is 6.58 Å². The van der Waals surface area contributed by atoms with E-state index in [1.807, 2.05) is 6.92 Å². The van der Waals surface area contributed by atoms with Gasteiger partial charge in [-0.05, 0) is 31.0 Å². The van der Waals surface area contributed by atoms with Crippen LogP contribution in [0.5, 0.6) is 0 Å². The molecule has 5 nitrogen and oxygen atoms in total. The van der Waals surface area contributed by atoms with Gasteiger partial charge in [-0.1, -0.05) is 17.7 Å². The Morgan fingerprint density at radius 2 is 1.84 bits per heavy atom. The van der Waals surface area contributed by atoms with Gasteiger partial charge in [-0.25, -0.2) is 9.59 Å². The van der Waals surface area contributed by atoms with Gasteiger partial charge in [-0.3, -0.25) is 0 Å². The molecule has 0 fully saturated rings. The molecule has 0 aliphatic rings. The average molecular weight is 262 g/mol. The lowest BCUT2D eigenvalue weighted by molar-refractivity contribution is 0.0697. The maximum atomic E-state index is 11.4. The van der Waals surface area contributed by atoms with Crippen molar-refractivity contribution in [2.24, 2.45) is 0 Å².